The van der Waals surface area contributed by atoms with Crippen LogP contribution in [0.5, 0.6) is 0 Å². The molecule has 0 aromatic heterocycles. The number of nitrogens with one attached hydrogen (secondary N) is 1. The SMILES string of the molecule is CC(F)c1ccc(F)c(N2CCNCC2C)c1Cc1ccccc1. The summed E-state index contributed by atoms with van der Waals surface area (Å²) >= 11 is 0. The van der Waals surface area contributed by atoms with Gasteiger partial charge < -0.3 is 10.2 Å². The molecule has 0 aliphatic carbocycles. The van der Waals surface area contributed by atoms with Crippen LogP contribution in [0.2, 0.25) is 0 Å². The first-order valence-corrected chi connectivity index (χ1v) is 8.54. The number of alkyl halides is 1. The van der Waals surface area contributed by atoms with Crippen molar-refractivity contribution in [2.24, 2.45) is 0 Å². The smallest absolute Gasteiger partial charge is 0.146 e. The average Bonchev–Trinajstić information content (AvgIpc) is 2.57. The molecule has 24 heavy (non-hydrogen) atoms. The van der Waals surface area contributed by atoms with Gasteiger partial charge in [0.25, 0.3) is 0 Å². The predicted molar refractivity (Wildman–Crippen MR) is 94.8 cm³/mol. The zero-order valence-corrected chi connectivity index (χ0v) is 14.2. The highest BCUT2D eigenvalue weighted by molar-refractivity contribution is 5.61. The fraction of sp³-hybridized carbons (Fsp3) is 0.400. The maximum atomic E-state index is 14.8. The lowest BCUT2D eigenvalue weighted by Gasteiger charge is -2.38. The van der Waals surface area contributed by atoms with Crippen LogP contribution >= 0.6 is 0 Å². The van der Waals surface area contributed by atoms with Gasteiger partial charge in [-0.15, -0.1) is 0 Å². The van der Waals surface area contributed by atoms with Gasteiger partial charge in [-0.25, -0.2) is 8.78 Å². The van der Waals surface area contributed by atoms with E-state index in [9.17, 15) is 8.78 Å². The molecular weight excluding hydrogens is 306 g/mol. The van der Waals surface area contributed by atoms with Crippen molar-refractivity contribution in [3.05, 3.63) is 65.0 Å². The topological polar surface area (TPSA) is 15.3 Å². The molecule has 0 radical (unpaired) electrons. The molecule has 1 saturated heterocycles. The van der Waals surface area contributed by atoms with Crippen LogP contribution in [0, 0.1) is 5.82 Å². The zero-order chi connectivity index (χ0) is 17.1. The van der Waals surface area contributed by atoms with E-state index in [1.165, 1.54) is 13.0 Å². The number of nitrogens with zero attached hydrogens (tertiary/aromatic N) is 1. The highest BCUT2D eigenvalue weighted by Crippen LogP contribution is 2.35. The summed E-state index contributed by atoms with van der Waals surface area (Å²) in [6.07, 6.45) is -0.588. The lowest BCUT2D eigenvalue weighted by molar-refractivity contribution is 0.371. The standard InChI is InChI=1S/C20H24F2N2/c1-14-13-23-10-11-24(14)20-18(12-16-6-4-3-5-7-16)17(15(2)21)8-9-19(20)22/h3-9,14-15,23H,10-13H2,1-2H3. The van der Waals surface area contributed by atoms with E-state index in [0.29, 0.717) is 17.7 Å². The number of halogens is 2. The van der Waals surface area contributed by atoms with Gasteiger partial charge in [0.05, 0.1) is 5.69 Å². The summed E-state index contributed by atoms with van der Waals surface area (Å²) in [6.45, 7) is 5.93. The number of anilines is 1. The van der Waals surface area contributed by atoms with E-state index in [4.69, 9.17) is 0 Å². The third-order valence-electron chi connectivity index (χ3n) is 4.71. The van der Waals surface area contributed by atoms with Crippen LogP contribution in [-0.4, -0.2) is 25.7 Å². The maximum Gasteiger partial charge on any atom is 0.146 e. The molecule has 1 N–H and O–H groups in total. The Hall–Kier alpha value is -1.94. The lowest BCUT2D eigenvalue weighted by Crippen LogP contribution is -2.50. The minimum absolute atomic E-state index is 0.174. The van der Waals surface area contributed by atoms with Crippen LogP contribution in [0.1, 0.15) is 36.7 Å². The van der Waals surface area contributed by atoms with E-state index >= 15 is 0 Å². The Morgan fingerprint density at radius 3 is 2.62 bits per heavy atom. The molecule has 2 nitrogen and oxygen atoms in total. The third kappa shape index (κ3) is 3.44. The van der Waals surface area contributed by atoms with Crippen molar-refractivity contribution >= 4 is 5.69 Å². The zero-order valence-electron chi connectivity index (χ0n) is 14.2. The molecule has 0 bridgehead atoms. The molecule has 0 spiro atoms. The van der Waals surface area contributed by atoms with Crippen molar-refractivity contribution in [2.45, 2.75) is 32.5 Å². The maximum absolute atomic E-state index is 14.8. The van der Waals surface area contributed by atoms with Gasteiger partial charge in [-0.1, -0.05) is 36.4 Å². The number of rotatable bonds is 4. The first-order chi connectivity index (χ1) is 11.6. The van der Waals surface area contributed by atoms with Crippen LogP contribution < -0.4 is 10.2 Å². The van der Waals surface area contributed by atoms with Gasteiger partial charge in [0.1, 0.15) is 12.0 Å². The molecule has 2 aromatic carbocycles. The molecule has 4 heteroatoms. The lowest BCUT2D eigenvalue weighted by atomic mass is 9.94. The highest BCUT2D eigenvalue weighted by Gasteiger charge is 2.26. The molecule has 1 aliphatic rings. The van der Waals surface area contributed by atoms with Gasteiger partial charge in [-0.2, -0.15) is 0 Å². The minimum atomic E-state index is -1.12. The van der Waals surface area contributed by atoms with Gasteiger partial charge in [-0.3, -0.25) is 0 Å². The van der Waals surface area contributed by atoms with Gasteiger partial charge in [0.2, 0.25) is 0 Å². The molecule has 1 heterocycles. The Morgan fingerprint density at radius 2 is 1.96 bits per heavy atom. The Balaban J connectivity index is 2.10. The molecule has 0 amide bonds. The molecule has 128 valence electrons. The summed E-state index contributed by atoms with van der Waals surface area (Å²) in [6, 6.07) is 13.0. The molecule has 1 fully saturated rings. The second-order valence-electron chi connectivity index (χ2n) is 6.49. The molecule has 1 aliphatic heterocycles. The number of hydrogen-bond donors (Lipinski definition) is 1. The van der Waals surface area contributed by atoms with E-state index in [1.807, 2.05) is 30.3 Å². The van der Waals surface area contributed by atoms with Crippen molar-refractivity contribution in [3.63, 3.8) is 0 Å². The van der Waals surface area contributed by atoms with Gasteiger partial charge >= 0.3 is 0 Å². The summed E-state index contributed by atoms with van der Waals surface area (Å²) in [4.78, 5) is 2.08. The van der Waals surface area contributed by atoms with E-state index in [-0.39, 0.29) is 11.9 Å². The van der Waals surface area contributed by atoms with E-state index in [2.05, 4.69) is 17.1 Å². The molecule has 2 atom stereocenters. The van der Waals surface area contributed by atoms with Crippen molar-refractivity contribution < 1.29 is 8.78 Å². The highest BCUT2D eigenvalue weighted by atomic mass is 19.1. The molecular formula is C20H24F2N2. The minimum Gasteiger partial charge on any atom is -0.364 e. The van der Waals surface area contributed by atoms with Crippen molar-refractivity contribution in [1.82, 2.24) is 5.32 Å². The van der Waals surface area contributed by atoms with Gasteiger partial charge in [-0.05, 0) is 43.0 Å². The second kappa shape index (κ2) is 7.31. The monoisotopic (exact) mass is 330 g/mol. The third-order valence-corrected chi connectivity index (χ3v) is 4.71. The summed E-state index contributed by atoms with van der Waals surface area (Å²) in [5.74, 6) is -0.265. The summed E-state index contributed by atoms with van der Waals surface area (Å²) < 4.78 is 29.0. The second-order valence-corrected chi connectivity index (χ2v) is 6.49. The van der Waals surface area contributed by atoms with Crippen molar-refractivity contribution in [3.8, 4) is 0 Å². The Labute approximate surface area is 142 Å². The number of piperazine rings is 1. The van der Waals surface area contributed by atoms with Crippen LogP contribution in [0.3, 0.4) is 0 Å². The van der Waals surface area contributed by atoms with Gasteiger partial charge in [0.15, 0.2) is 0 Å². The van der Waals surface area contributed by atoms with Gasteiger partial charge in [0, 0.05) is 25.7 Å². The molecule has 2 aromatic rings. The number of benzene rings is 2. The molecule has 2 unspecified atom stereocenters. The fourth-order valence-corrected chi connectivity index (χ4v) is 3.47. The molecule has 0 saturated carbocycles. The largest absolute Gasteiger partial charge is 0.364 e. The Morgan fingerprint density at radius 1 is 1.21 bits per heavy atom. The normalized spacial score (nSPS) is 19.3. The van der Waals surface area contributed by atoms with Crippen LogP contribution in [-0.2, 0) is 6.42 Å². The predicted octanol–water partition coefficient (Wildman–Crippen LogP) is 4.25. The molecule has 3 rings (SSSR count). The van der Waals surface area contributed by atoms with E-state index in [0.717, 1.165) is 30.8 Å². The van der Waals surface area contributed by atoms with Crippen LogP contribution in [0.25, 0.3) is 0 Å². The summed E-state index contributed by atoms with van der Waals surface area (Å²) in [5.41, 5.74) is 2.98. The van der Waals surface area contributed by atoms with Crippen molar-refractivity contribution in [1.29, 1.82) is 0 Å². The summed E-state index contributed by atoms with van der Waals surface area (Å²) in [5, 5.41) is 3.32. The van der Waals surface area contributed by atoms with E-state index < -0.39 is 6.17 Å². The quantitative estimate of drug-likeness (QED) is 0.902. The van der Waals surface area contributed by atoms with Crippen LogP contribution in [0.4, 0.5) is 14.5 Å². The fourth-order valence-electron chi connectivity index (χ4n) is 3.47. The summed E-state index contributed by atoms with van der Waals surface area (Å²) in [7, 11) is 0. The Bertz CT molecular complexity index is 686. The van der Waals surface area contributed by atoms with Crippen LogP contribution in [0.15, 0.2) is 42.5 Å². The first-order valence-electron chi connectivity index (χ1n) is 8.54. The average molecular weight is 330 g/mol. The Kier molecular flexibility index (Phi) is 5.14. The number of hydrogen-bond acceptors (Lipinski definition) is 2. The van der Waals surface area contributed by atoms with Crippen molar-refractivity contribution in [2.75, 3.05) is 24.5 Å². The first kappa shape index (κ1) is 16.9. The van der Waals surface area contributed by atoms with E-state index in [1.54, 1.807) is 6.07 Å².